The zero-order chi connectivity index (χ0) is 29.5. The van der Waals surface area contributed by atoms with Crippen LogP contribution in [0.1, 0.15) is 91.0 Å². The molecular formula is C33H59N5O. The normalized spacial score (nSPS) is 16.2. The van der Waals surface area contributed by atoms with Gasteiger partial charge in [-0.15, -0.1) is 0 Å². The van der Waals surface area contributed by atoms with Crippen LogP contribution in [0.25, 0.3) is 0 Å². The van der Waals surface area contributed by atoms with Gasteiger partial charge in [0.25, 0.3) is 0 Å². The van der Waals surface area contributed by atoms with Gasteiger partial charge in [-0.25, -0.2) is 4.79 Å². The third-order valence-corrected chi connectivity index (χ3v) is 6.71. The second-order valence-electron chi connectivity index (χ2n) is 10.4. The lowest BCUT2D eigenvalue weighted by Crippen LogP contribution is -2.30. The van der Waals surface area contributed by atoms with Crippen molar-refractivity contribution >= 4 is 17.9 Å². The number of anilines is 1. The molecule has 1 saturated carbocycles. The van der Waals surface area contributed by atoms with Crippen molar-refractivity contribution in [2.45, 2.75) is 87.2 Å². The second-order valence-corrected chi connectivity index (χ2v) is 10.4. The zero-order valence-electron chi connectivity index (χ0n) is 26.1. The van der Waals surface area contributed by atoms with E-state index in [9.17, 15) is 4.79 Å². The Hall–Kier alpha value is -3.12. The Morgan fingerprint density at radius 1 is 1.21 bits per heavy atom. The SMILES string of the molecule is C=C/C(=C\C(C)=C(/C)C1CC1)NC(=O)Nc1cccc([C@H](C)NC(C)C=N/C(=C/N(C)CC)C(C)C)c1.CC.[HH].[HH].[HH]. The molecule has 0 heterocycles. The lowest BCUT2D eigenvalue weighted by atomic mass is 10.1. The summed E-state index contributed by atoms with van der Waals surface area (Å²) in [5.41, 5.74) is 6.15. The van der Waals surface area contributed by atoms with Crippen molar-refractivity contribution in [3.63, 3.8) is 0 Å². The van der Waals surface area contributed by atoms with E-state index < -0.39 is 0 Å². The fraction of sp³-hybridized carbons (Fsp3) is 0.515. The van der Waals surface area contributed by atoms with Gasteiger partial charge in [-0.05, 0) is 94.7 Å². The molecule has 2 atom stereocenters. The van der Waals surface area contributed by atoms with Gasteiger partial charge in [-0.3, -0.25) is 4.99 Å². The van der Waals surface area contributed by atoms with Crippen LogP contribution >= 0.6 is 0 Å². The zero-order valence-corrected chi connectivity index (χ0v) is 26.1. The number of rotatable bonds is 13. The van der Waals surface area contributed by atoms with Crippen molar-refractivity contribution in [1.82, 2.24) is 15.5 Å². The predicted molar refractivity (Wildman–Crippen MR) is 176 cm³/mol. The Bertz CT molecular complexity index is 1060. The summed E-state index contributed by atoms with van der Waals surface area (Å²) >= 11 is 0. The number of hydrogen-bond donors (Lipinski definition) is 3. The highest BCUT2D eigenvalue weighted by Gasteiger charge is 2.24. The summed E-state index contributed by atoms with van der Waals surface area (Å²) < 4.78 is 0. The summed E-state index contributed by atoms with van der Waals surface area (Å²) in [5.74, 6) is 1.04. The molecule has 1 fully saturated rings. The number of nitrogens with one attached hydrogen (secondary N) is 3. The van der Waals surface area contributed by atoms with Crippen LogP contribution in [-0.2, 0) is 0 Å². The summed E-state index contributed by atoms with van der Waals surface area (Å²) in [4.78, 5) is 19.6. The maximum Gasteiger partial charge on any atom is 0.323 e. The molecular weight excluding hydrogens is 482 g/mol. The minimum absolute atomic E-state index is 0. The summed E-state index contributed by atoms with van der Waals surface area (Å²) in [6, 6.07) is 7.78. The molecule has 1 aliphatic rings. The van der Waals surface area contributed by atoms with E-state index in [-0.39, 0.29) is 22.4 Å². The van der Waals surface area contributed by atoms with Gasteiger partial charge >= 0.3 is 6.03 Å². The summed E-state index contributed by atoms with van der Waals surface area (Å²) in [6.07, 6.45) is 10.3. The molecule has 6 heteroatoms. The first kappa shape index (κ1) is 33.9. The highest BCUT2D eigenvalue weighted by Crippen LogP contribution is 2.37. The maximum absolute atomic E-state index is 12.7. The van der Waals surface area contributed by atoms with E-state index in [0.29, 0.717) is 17.5 Å². The molecule has 2 rings (SSSR count). The first-order valence-electron chi connectivity index (χ1n) is 14.5. The summed E-state index contributed by atoms with van der Waals surface area (Å²) in [7, 11) is 2.06. The standard InChI is InChI=1S/C31H47N5O.C2H6.3H2/c1-10-28(17-22(5)24(7)26-15-16-26)34-31(37)35-29-14-12-13-27(18-29)25(8)33-23(6)19-32-30(21(3)4)20-36(9)11-2;1-2;;;/h10,12-14,17-21,23,25-26,33H,1,11,15-16H2,2-9H3,(H2,34,35,37);1-2H3;3*1H/b24-22+,28-17+,30-20+,32-19?;;;;/t23?,25-;;;;/m0..../s1. The van der Waals surface area contributed by atoms with Crippen molar-refractivity contribution in [2.24, 2.45) is 16.8 Å². The van der Waals surface area contributed by atoms with Gasteiger partial charge in [0.1, 0.15) is 0 Å². The number of urea groups is 1. The van der Waals surface area contributed by atoms with Gasteiger partial charge in [0, 0.05) is 53.8 Å². The topological polar surface area (TPSA) is 68.8 Å². The molecule has 1 aromatic rings. The van der Waals surface area contributed by atoms with Crippen LogP contribution < -0.4 is 16.0 Å². The van der Waals surface area contributed by atoms with Crippen LogP contribution in [0, 0.1) is 11.8 Å². The van der Waals surface area contributed by atoms with E-state index in [1.54, 1.807) is 6.08 Å². The Morgan fingerprint density at radius 2 is 1.87 bits per heavy atom. The number of amides is 2. The molecule has 0 bridgehead atoms. The van der Waals surface area contributed by atoms with Crippen LogP contribution in [0.3, 0.4) is 0 Å². The van der Waals surface area contributed by atoms with Gasteiger partial charge in [0.15, 0.2) is 0 Å². The van der Waals surface area contributed by atoms with Crippen LogP contribution in [-0.4, -0.2) is 36.8 Å². The first-order valence-corrected chi connectivity index (χ1v) is 14.5. The minimum atomic E-state index is -0.286. The quantitative estimate of drug-likeness (QED) is 0.172. The van der Waals surface area contributed by atoms with E-state index in [1.807, 2.05) is 44.3 Å². The average molecular weight is 542 g/mol. The van der Waals surface area contributed by atoms with Crippen LogP contribution in [0.5, 0.6) is 0 Å². The fourth-order valence-electron chi connectivity index (χ4n) is 3.89. The van der Waals surface area contributed by atoms with Crippen molar-refractivity contribution in [3.05, 3.63) is 77.3 Å². The predicted octanol–water partition coefficient (Wildman–Crippen LogP) is 8.95. The monoisotopic (exact) mass is 541 g/mol. The number of benzene rings is 1. The van der Waals surface area contributed by atoms with Gasteiger partial charge < -0.3 is 20.9 Å². The first-order chi connectivity index (χ1) is 18.5. The lowest BCUT2D eigenvalue weighted by Gasteiger charge is -2.19. The number of hydrogen-bond acceptors (Lipinski definition) is 4. The minimum Gasteiger partial charge on any atom is -0.379 e. The van der Waals surface area contributed by atoms with Crippen molar-refractivity contribution in [1.29, 1.82) is 0 Å². The van der Waals surface area contributed by atoms with Crippen molar-refractivity contribution in [2.75, 3.05) is 18.9 Å². The summed E-state index contributed by atoms with van der Waals surface area (Å²) in [5, 5.41) is 9.44. The fourth-order valence-corrected chi connectivity index (χ4v) is 3.89. The number of nitrogens with zero attached hydrogens (tertiary/aromatic N) is 2. The van der Waals surface area contributed by atoms with Gasteiger partial charge in [0.05, 0.1) is 5.70 Å². The maximum atomic E-state index is 12.7. The van der Waals surface area contributed by atoms with Gasteiger partial charge in [0.2, 0.25) is 0 Å². The van der Waals surface area contributed by atoms with E-state index in [2.05, 4.69) is 95.2 Å². The smallest absolute Gasteiger partial charge is 0.323 e. The number of carbonyl (C=O) groups is 1. The summed E-state index contributed by atoms with van der Waals surface area (Å²) in [6.45, 7) is 23.7. The Labute approximate surface area is 242 Å². The van der Waals surface area contributed by atoms with Crippen LogP contribution in [0.15, 0.2) is 76.7 Å². The highest BCUT2D eigenvalue weighted by molar-refractivity contribution is 5.90. The molecule has 3 N–H and O–H groups in total. The molecule has 39 heavy (non-hydrogen) atoms. The number of aliphatic imine (C=N–C) groups is 1. The Balaban J connectivity index is -0.00000297. The van der Waals surface area contributed by atoms with Crippen LogP contribution in [0.4, 0.5) is 10.5 Å². The third kappa shape index (κ3) is 12.5. The van der Waals surface area contributed by atoms with Gasteiger partial charge in [-0.1, -0.05) is 52.0 Å². The van der Waals surface area contributed by atoms with E-state index in [0.717, 1.165) is 23.5 Å². The molecule has 1 unspecified atom stereocenters. The molecule has 6 nitrogen and oxygen atoms in total. The molecule has 0 radical (unpaired) electrons. The molecule has 1 aliphatic carbocycles. The molecule has 0 aromatic heterocycles. The van der Waals surface area contributed by atoms with E-state index >= 15 is 0 Å². The molecule has 1 aromatic carbocycles. The van der Waals surface area contributed by atoms with Crippen LogP contribution in [0.2, 0.25) is 0 Å². The molecule has 0 spiro atoms. The van der Waals surface area contributed by atoms with Crippen molar-refractivity contribution < 1.29 is 9.07 Å². The second kappa shape index (κ2) is 17.5. The van der Waals surface area contributed by atoms with Crippen molar-refractivity contribution in [3.8, 4) is 0 Å². The number of carbonyl (C=O) groups excluding carboxylic acids is 1. The lowest BCUT2D eigenvalue weighted by molar-refractivity contribution is 0.254. The van der Waals surface area contributed by atoms with E-state index in [1.165, 1.54) is 24.0 Å². The highest BCUT2D eigenvalue weighted by atomic mass is 16.2. The Kier molecular flexibility index (Phi) is 15.2. The molecule has 2 amide bonds. The number of allylic oxidation sites excluding steroid dienone is 5. The molecule has 222 valence electrons. The average Bonchev–Trinajstić information content (AvgIpc) is 3.76. The van der Waals surface area contributed by atoms with E-state index in [4.69, 9.17) is 4.99 Å². The third-order valence-electron chi connectivity index (χ3n) is 6.71. The molecule has 0 aliphatic heterocycles. The molecule has 0 saturated heterocycles. The largest absolute Gasteiger partial charge is 0.379 e. The van der Waals surface area contributed by atoms with Gasteiger partial charge in [-0.2, -0.15) is 0 Å². The Morgan fingerprint density at radius 3 is 2.44 bits per heavy atom.